The molecule has 1 saturated heterocycles. The zero-order valence-electron chi connectivity index (χ0n) is 18.0. The maximum atomic E-state index is 13.2. The predicted molar refractivity (Wildman–Crippen MR) is 118 cm³/mol. The number of benzene rings is 2. The van der Waals surface area contributed by atoms with Gasteiger partial charge in [-0.2, -0.15) is 0 Å². The van der Waals surface area contributed by atoms with Crippen molar-refractivity contribution in [1.82, 2.24) is 10.2 Å². The monoisotopic (exact) mass is 413 g/mol. The summed E-state index contributed by atoms with van der Waals surface area (Å²) in [5.74, 6) is -0.241. The number of carbonyl (C=O) groups excluding carboxylic acids is 1. The van der Waals surface area contributed by atoms with Gasteiger partial charge in [0.25, 0.3) is 0 Å². The van der Waals surface area contributed by atoms with E-state index in [2.05, 4.69) is 22.8 Å². The Balaban J connectivity index is 1.57. The first-order valence-corrected chi connectivity index (χ1v) is 10.6. The van der Waals surface area contributed by atoms with Crippen molar-refractivity contribution in [1.29, 1.82) is 0 Å². The molecule has 5 nitrogen and oxygen atoms in total. The van der Waals surface area contributed by atoms with Crippen LogP contribution >= 0.6 is 0 Å². The van der Waals surface area contributed by atoms with E-state index in [1.165, 1.54) is 17.7 Å². The number of carbonyl (C=O) groups is 1. The molecule has 1 fully saturated rings. The minimum absolute atomic E-state index is 0.106. The fraction of sp³-hybridized carbons (Fsp3) is 0.458. The Morgan fingerprint density at radius 3 is 2.33 bits per heavy atom. The number of amides is 1. The Labute approximate surface area is 178 Å². The lowest BCUT2D eigenvalue weighted by atomic mass is 10.0. The van der Waals surface area contributed by atoms with Crippen LogP contribution in [-0.2, 0) is 4.74 Å². The predicted octanol–water partition coefficient (Wildman–Crippen LogP) is 4.97. The summed E-state index contributed by atoms with van der Waals surface area (Å²) in [6, 6.07) is 17.1. The Kier molecular flexibility index (Phi) is 7.32. The number of hydrogen-bond acceptors (Lipinski definition) is 4. The normalized spacial score (nSPS) is 16.2. The van der Waals surface area contributed by atoms with E-state index in [1.54, 1.807) is 17.0 Å². The molecule has 0 spiro atoms. The number of ether oxygens (including phenoxy) is 1. The largest absolute Gasteiger partial charge is 0.444 e. The Morgan fingerprint density at radius 2 is 1.73 bits per heavy atom. The van der Waals surface area contributed by atoms with Gasteiger partial charge < -0.3 is 20.3 Å². The fourth-order valence-electron chi connectivity index (χ4n) is 3.59. The van der Waals surface area contributed by atoms with Crippen molar-refractivity contribution in [3.63, 3.8) is 0 Å². The van der Waals surface area contributed by atoms with Gasteiger partial charge in [-0.3, -0.25) is 0 Å². The number of likely N-dealkylation sites (tertiary alicyclic amines) is 1. The van der Waals surface area contributed by atoms with E-state index in [4.69, 9.17) is 4.74 Å². The molecule has 2 N–H and O–H groups in total. The zero-order valence-corrected chi connectivity index (χ0v) is 18.0. The summed E-state index contributed by atoms with van der Waals surface area (Å²) in [7, 11) is 0. The molecule has 0 aromatic heterocycles. The molecule has 2 aromatic rings. The van der Waals surface area contributed by atoms with Crippen LogP contribution in [0.4, 0.5) is 14.9 Å². The number of nitrogens with zero attached hydrogens (tertiary/aromatic N) is 1. The van der Waals surface area contributed by atoms with Crippen LogP contribution in [0.2, 0.25) is 0 Å². The molecule has 1 heterocycles. The third-order valence-electron chi connectivity index (χ3n) is 5.14. The fourth-order valence-corrected chi connectivity index (χ4v) is 3.59. The quantitative estimate of drug-likeness (QED) is 0.702. The van der Waals surface area contributed by atoms with Gasteiger partial charge in [-0.1, -0.05) is 30.3 Å². The third-order valence-corrected chi connectivity index (χ3v) is 5.14. The molecule has 0 radical (unpaired) electrons. The molecule has 162 valence electrons. The first-order chi connectivity index (χ1) is 14.3. The van der Waals surface area contributed by atoms with Crippen molar-refractivity contribution < 1.29 is 13.9 Å². The van der Waals surface area contributed by atoms with E-state index >= 15 is 0 Å². The SMILES string of the molecule is CC(C)(C)OC(=O)N1CCC(N[C@@H](CNc2ccc(F)cc2)c2ccccc2)CC1. The van der Waals surface area contributed by atoms with Crippen molar-refractivity contribution in [2.24, 2.45) is 0 Å². The number of hydrogen-bond donors (Lipinski definition) is 2. The second kappa shape index (κ2) is 9.94. The molecular formula is C24H32FN3O2. The Bertz CT molecular complexity index is 797. The highest BCUT2D eigenvalue weighted by Gasteiger charge is 2.28. The van der Waals surface area contributed by atoms with E-state index in [1.807, 2.05) is 39.0 Å². The molecule has 0 bridgehead atoms. The summed E-state index contributed by atoms with van der Waals surface area (Å²) in [5.41, 5.74) is 1.61. The van der Waals surface area contributed by atoms with Crippen LogP contribution < -0.4 is 10.6 Å². The van der Waals surface area contributed by atoms with Gasteiger partial charge in [0.15, 0.2) is 0 Å². The molecule has 1 atom stereocenters. The van der Waals surface area contributed by atoms with Gasteiger partial charge >= 0.3 is 6.09 Å². The van der Waals surface area contributed by atoms with Crippen LogP contribution in [0.3, 0.4) is 0 Å². The average Bonchev–Trinajstić information content (AvgIpc) is 2.72. The molecular weight excluding hydrogens is 381 g/mol. The second-order valence-corrected chi connectivity index (χ2v) is 8.76. The van der Waals surface area contributed by atoms with Crippen molar-refractivity contribution in [3.05, 3.63) is 66.0 Å². The minimum atomic E-state index is -0.476. The molecule has 1 amide bonds. The third kappa shape index (κ3) is 6.73. The van der Waals surface area contributed by atoms with Crippen LogP contribution in [0, 0.1) is 5.82 Å². The lowest BCUT2D eigenvalue weighted by Gasteiger charge is -2.35. The lowest BCUT2D eigenvalue weighted by Crippen LogP contribution is -2.47. The minimum Gasteiger partial charge on any atom is -0.444 e. The van der Waals surface area contributed by atoms with E-state index in [9.17, 15) is 9.18 Å². The van der Waals surface area contributed by atoms with Crippen molar-refractivity contribution >= 4 is 11.8 Å². The molecule has 30 heavy (non-hydrogen) atoms. The van der Waals surface area contributed by atoms with Crippen molar-refractivity contribution in [2.45, 2.75) is 51.3 Å². The zero-order chi connectivity index (χ0) is 21.6. The van der Waals surface area contributed by atoms with Crippen molar-refractivity contribution in [2.75, 3.05) is 25.0 Å². The van der Waals surface area contributed by atoms with Gasteiger partial charge in [-0.25, -0.2) is 9.18 Å². The van der Waals surface area contributed by atoms with Crippen LogP contribution in [0.5, 0.6) is 0 Å². The van der Waals surface area contributed by atoms with E-state index in [-0.39, 0.29) is 18.0 Å². The van der Waals surface area contributed by atoms with Gasteiger partial charge in [0.05, 0.1) is 0 Å². The number of anilines is 1. The number of piperidine rings is 1. The smallest absolute Gasteiger partial charge is 0.410 e. The summed E-state index contributed by atoms with van der Waals surface area (Å²) in [5, 5.41) is 7.15. The first kappa shape index (κ1) is 22.1. The van der Waals surface area contributed by atoms with Crippen LogP contribution in [0.1, 0.15) is 45.2 Å². The molecule has 6 heteroatoms. The average molecular weight is 414 g/mol. The number of rotatable bonds is 6. The van der Waals surface area contributed by atoms with Gasteiger partial charge in [0.1, 0.15) is 11.4 Å². The van der Waals surface area contributed by atoms with Crippen LogP contribution in [-0.4, -0.2) is 42.3 Å². The van der Waals surface area contributed by atoms with E-state index in [0.29, 0.717) is 25.7 Å². The maximum Gasteiger partial charge on any atom is 0.410 e. The highest BCUT2D eigenvalue weighted by Crippen LogP contribution is 2.20. The molecule has 2 aromatic carbocycles. The molecule has 0 aliphatic carbocycles. The number of nitrogens with one attached hydrogen (secondary N) is 2. The van der Waals surface area contributed by atoms with Gasteiger partial charge in [-0.05, 0) is 63.4 Å². The Hall–Kier alpha value is -2.60. The standard InChI is InChI=1S/C24H32FN3O2/c1-24(2,3)30-23(29)28-15-13-21(14-16-28)27-22(18-7-5-4-6-8-18)17-26-20-11-9-19(25)10-12-20/h4-12,21-22,26-27H,13-17H2,1-3H3/t22-/m0/s1. The topological polar surface area (TPSA) is 53.6 Å². The highest BCUT2D eigenvalue weighted by atomic mass is 19.1. The maximum absolute atomic E-state index is 13.2. The second-order valence-electron chi connectivity index (χ2n) is 8.76. The summed E-state index contributed by atoms with van der Waals surface area (Å²) in [6.45, 7) is 7.70. The molecule has 0 saturated carbocycles. The Morgan fingerprint density at radius 1 is 1.10 bits per heavy atom. The molecule has 1 aliphatic heterocycles. The lowest BCUT2D eigenvalue weighted by molar-refractivity contribution is 0.0196. The van der Waals surface area contributed by atoms with Gasteiger partial charge in [0, 0.05) is 37.4 Å². The summed E-state index contributed by atoms with van der Waals surface area (Å²) in [6.07, 6.45) is 1.51. The molecule has 1 aliphatic rings. The van der Waals surface area contributed by atoms with E-state index in [0.717, 1.165) is 18.5 Å². The molecule has 0 unspecified atom stereocenters. The van der Waals surface area contributed by atoms with Crippen LogP contribution in [0.15, 0.2) is 54.6 Å². The van der Waals surface area contributed by atoms with Crippen molar-refractivity contribution in [3.8, 4) is 0 Å². The number of halogens is 1. The summed E-state index contributed by atoms with van der Waals surface area (Å²) in [4.78, 5) is 14.1. The van der Waals surface area contributed by atoms with Gasteiger partial charge in [-0.15, -0.1) is 0 Å². The van der Waals surface area contributed by atoms with Gasteiger partial charge in [0.2, 0.25) is 0 Å². The summed E-state index contributed by atoms with van der Waals surface area (Å²) < 4.78 is 18.7. The first-order valence-electron chi connectivity index (χ1n) is 10.6. The van der Waals surface area contributed by atoms with E-state index < -0.39 is 5.60 Å². The summed E-state index contributed by atoms with van der Waals surface area (Å²) >= 11 is 0. The highest BCUT2D eigenvalue weighted by molar-refractivity contribution is 5.68. The molecule has 3 rings (SSSR count). The van der Waals surface area contributed by atoms with Crippen LogP contribution in [0.25, 0.3) is 0 Å².